The van der Waals surface area contributed by atoms with Crippen molar-refractivity contribution in [3.05, 3.63) is 58.1 Å². The molecule has 0 aliphatic carbocycles. The lowest BCUT2D eigenvalue weighted by atomic mass is 9.96. The molecule has 0 aromatic heterocycles. The molecule has 3 rings (SSSR count). The Balaban J connectivity index is 1.78. The van der Waals surface area contributed by atoms with Gasteiger partial charge in [0.1, 0.15) is 13.2 Å². The van der Waals surface area contributed by atoms with Crippen molar-refractivity contribution in [2.45, 2.75) is 33.7 Å². The molecule has 1 atom stereocenters. The van der Waals surface area contributed by atoms with Crippen LogP contribution in [0.25, 0.3) is 0 Å². The molecule has 2 aromatic carbocycles. The van der Waals surface area contributed by atoms with Crippen LogP contribution in [0.5, 0.6) is 11.5 Å². The minimum Gasteiger partial charge on any atom is -0.486 e. The number of carbonyl (C=O) groups excluding carboxylic acids is 1. The fourth-order valence-corrected chi connectivity index (χ4v) is 2.99. The number of hydrogen-bond acceptors (Lipinski definition) is 3. The number of ether oxygens (including phenoxy) is 2. The molecule has 1 amide bonds. The van der Waals surface area contributed by atoms with Gasteiger partial charge in [-0.1, -0.05) is 12.1 Å². The van der Waals surface area contributed by atoms with Gasteiger partial charge in [-0.2, -0.15) is 0 Å². The van der Waals surface area contributed by atoms with E-state index < -0.39 is 0 Å². The maximum atomic E-state index is 12.6. The van der Waals surface area contributed by atoms with Crippen LogP contribution in [-0.4, -0.2) is 19.1 Å². The van der Waals surface area contributed by atoms with E-state index in [9.17, 15) is 4.79 Å². The first kappa shape index (κ1) is 16.4. The maximum absolute atomic E-state index is 12.6. The van der Waals surface area contributed by atoms with Gasteiger partial charge in [-0.15, -0.1) is 0 Å². The number of carbonyl (C=O) groups is 1. The van der Waals surface area contributed by atoms with E-state index >= 15 is 0 Å². The first-order valence-corrected chi connectivity index (χ1v) is 8.24. The van der Waals surface area contributed by atoms with Gasteiger partial charge in [0.25, 0.3) is 5.91 Å². The topological polar surface area (TPSA) is 47.6 Å². The zero-order valence-corrected chi connectivity index (χ0v) is 14.6. The van der Waals surface area contributed by atoms with Crippen molar-refractivity contribution in [3.63, 3.8) is 0 Å². The van der Waals surface area contributed by atoms with Crippen LogP contribution in [0, 0.1) is 20.8 Å². The highest BCUT2D eigenvalue weighted by Crippen LogP contribution is 2.31. The SMILES string of the molecule is Cc1cc(C)c(C(C)NC(=O)c2ccc3c(c2)OCCO3)cc1C. The van der Waals surface area contributed by atoms with E-state index in [1.807, 2.05) is 6.92 Å². The molecule has 2 aromatic rings. The van der Waals surface area contributed by atoms with Crippen molar-refractivity contribution in [1.29, 1.82) is 0 Å². The van der Waals surface area contributed by atoms with Gasteiger partial charge < -0.3 is 14.8 Å². The lowest BCUT2D eigenvalue weighted by Gasteiger charge is -2.20. The molecule has 0 saturated heterocycles. The number of rotatable bonds is 3. The van der Waals surface area contributed by atoms with Crippen LogP contribution in [0.3, 0.4) is 0 Å². The standard InChI is InChI=1S/C20H23NO3/c1-12-9-14(3)17(10-13(12)2)15(4)21-20(22)16-5-6-18-19(11-16)24-8-7-23-18/h5-6,9-11,15H,7-8H2,1-4H3,(H,21,22). The number of aryl methyl sites for hydroxylation is 3. The van der Waals surface area contributed by atoms with E-state index in [0.717, 1.165) is 5.56 Å². The van der Waals surface area contributed by atoms with Gasteiger partial charge in [0.2, 0.25) is 0 Å². The molecule has 1 aliphatic rings. The molecule has 0 spiro atoms. The average molecular weight is 325 g/mol. The summed E-state index contributed by atoms with van der Waals surface area (Å²) in [6, 6.07) is 9.55. The van der Waals surface area contributed by atoms with Crippen LogP contribution in [-0.2, 0) is 0 Å². The summed E-state index contributed by atoms with van der Waals surface area (Å²) in [6.45, 7) is 9.33. The van der Waals surface area contributed by atoms with Gasteiger partial charge in [0.15, 0.2) is 11.5 Å². The first-order chi connectivity index (χ1) is 11.5. The Morgan fingerprint density at radius 1 is 0.958 bits per heavy atom. The molecule has 126 valence electrons. The normalized spacial score (nSPS) is 14.2. The molecule has 1 unspecified atom stereocenters. The number of nitrogens with one attached hydrogen (secondary N) is 1. The van der Waals surface area contributed by atoms with Gasteiger partial charge in [-0.25, -0.2) is 0 Å². The summed E-state index contributed by atoms with van der Waals surface area (Å²) in [4.78, 5) is 12.6. The summed E-state index contributed by atoms with van der Waals surface area (Å²) < 4.78 is 11.0. The van der Waals surface area contributed by atoms with Gasteiger partial charge >= 0.3 is 0 Å². The van der Waals surface area contributed by atoms with Crippen LogP contribution in [0.15, 0.2) is 30.3 Å². The van der Waals surface area contributed by atoms with Crippen LogP contribution in [0.4, 0.5) is 0 Å². The molecule has 0 bridgehead atoms. The molecule has 0 radical (unpaired) electrons. The Kier molecular flexibility index (Phi) is 4.47. The molecule has 1 heterocycles. The molecule has 4 nitrogen and oxygen atoms in total. The molecule has 1 N–H and O–H groups in total. The zero-order chi connectivity index (χ0) is 17.3. The van der Waals surface area contributed by atoms with E-state index in [1.54, 1.807) is 18.2 Å². The number of amides is 1. The predicted molar refractivity (Wildman–Crippen MR) is 94.0 cm³/mol. The summed E-state index contributed by atoms with van der Waals surface area (Å²) in [5.41, 5.74) is 5.40. The van der Waals surface area contributed by atoms with Crippen molar-refractivity contribution in [2.24, 2.45) is 0 Å². The molecular formula is C20H23NO3. The highest BCUT2D eigenvalue weighted by Gasteiger charge is 2.17. The number of hydrogen-bond donors (Lipinski definition) is 1. The maximum Gasteiger partial charge on any atom is 0.251 e. The minimum atomic E-state index is -0.114. The van der Waals surface area contributed by atoms with E-state index in [0.29, 0.717) is 30.3 Å². The monoisotopic (exact) mass is 325 g/mol. The van der Waals surface area contributed by atoms with E-state index in [-0.39, 0.29) is 11.9 Å². The highest BCUT2D eigenvalue weighted by molar-refractivity contribution is 5.95. The largest absolute Gasteiger partial charge is 0.486 e. The van der Waals surface area contributed by atoms with Crippen LogP contribution in [0.1, 0.15) is 45.6 Å². The van der Waals surface area contributed by atoms with Gasteiger partial charge in [0.05, 0.1) is 6.04 Å². The second-order valence-electron chi connectivity index (χ2n) is 6.35. The molecule has 1 aliphatic heterocycles. The van der Waals surface area contributed by atoms with Crippen molar-refractivity contribution in [1.82, 2.24) is 5.32 Å². The molecular weight excluding hydrogens is 302 g/mol. The first-order valence-electron chi connectivity index (χ1n) is 8.24. The second-order valence-corrected chi connectivity index (χ2v) is 6.35. The molecule has 24 heavy (non-hydrogen) atoms. The Morgan fingerprint density at radius 3 is 2.38 bits per heavy atom. The predicted octanol–water partition coefficient (Wildman–Crippen LogP) is 3.87. The highest BCUT2D eigenvalue weighted by atomic mass is 16.6. The molecule has 4 heteroatoms. The van der Waals surface area contributed by atoms with Gasteiger partial charge in [-0.05, 0) is 68.1 Å². The third-order valence-corrected chi connectivity index (χ3v) is 4.50. The van der Waals surface area contributed by atoms with Crippen LogP contribution in [0.2, 0.25) is 0 Å². The third kappa shape index (κ3) is 3.23. The quantitative estimate of drug-likeness (QED) is 0.932. The second kappa shape index (κ2) is 6.56. The van der Waals surface area contributed by atoms with Gasteiger partial charge in [0, 0.05) is 5.56 Å². The van der Waals surface area contributed by atoms with Crippen molar-refractivity contribution >= 4 is 5.91 Å². The third-order valence-electron chi connectivity index (χ3n) is 4.50. The fraction of sp³-hybridized carbons (Fsp3) is 0.350. The number of fused-ring (bicyclic) bond motifs is 1. The van der Waals surface area contributed by atoms with Crippen molar-refractivity contribution in [3.8, 4) is 11.5 Å². The Hall–Kier alpha value is -2.49. The summed E-state index contributed by atoms with van der Waals surface area (Å²) in [7, 11) is 0. The van der Waals surface area contributed by atoms with Gasteiger partial charge in [-0.3, -0.25) is 4.79 Å². The summed E-state index contributed by atoms with van der Waals surface area (Å²) >= 11 is 0. The minimum absolute atomic E-state index is 0.0648. The van der Waals surface area contributed by atoms with E-state index in [2.05, 4.69) is 38.2 Å². The van der Waals surface area contributed by atoms with Crippen LogP contribution < -0.4 is 14.8 Å². The Bertz CT molecular complexity index is 783. The molecule has 0 fully saturated rings. The fourth-order valence-electron chi connectivity index (χ4n) is 2.99. The smallest absolute Gasteiger partial charge is 0.251 e. The zero-order valence-electron chi connectivity index (χ0n) is 14.6. The number of benzene rings is 2. The molecule has 0 saturated carbocycles. The average Bonchev–Trinajstić information content (AvgIpc) is 2.57. The van der Waals surface area contributed by atoms with Crippen molar-refractivity contribution < 1.29 is 14.3 Å². The lowest BCUT2D eigenvalue weighted by molar-refractivity contribution is 0.0938. The van der Waals surface area contributed by atoms with E-state index in [1.165, 1.54) is 16.7 Å². The summed E-state index contributed by atoms with van der Waals surface area (Å²) in [5.74, 6) is 1.21. The Morgan fingerprint density at radius 2 is 1.62 bits per heavy atom. The lowest BCUT2D eigenvalue weighted by Crippen LogP contribution is -2.27. The Labute approximate surface area is 142 Å². The van der Waals surface area contributed by atoms with Crippen LogP contribution >= 0.6 is 0 Å². The summed E-state index contributed by atoms with van der Waals surface area (Å²) in [5, 5.41) is 3.07. The van der Waals surface area contributed by atoms with E-state index in [4.69, 9.17) is 9.47 Å². The summed E-state index contributed by atoms with van der Waals surface area (Å²) in [6.07, 6.45) is 0. The van der Waals surface area contributed by atoms with Crippen molar-refractivity contribution in [2.75, 3.05) is 13.2 Å².